The van der Waals surface area contributed by atoms with E-state index in [9.17, 15) is 5.11 Å². The van der Waals surface area contributed by atoms with Crippen LogP contribution in [-0.4, -0.2) is 31.0 Å². The van der Waals surface area contributed by atoms with Crippen LogP contribution >= 0.6 is 0 Å². The number of aryl methyl sites for hydroxylation is 1. The van der Waals surface area contributed by atoms with Gasteiger partial charge in [0, 0.05) is 6.61 Å². The third kappa shape index (κ3) is 3.83. The maximum absolute atomic E-state index is 9.55. The van der Waals surface area contributed by atoms with E-state index in [1.165, 1.54) is 0 Å². The molecule has 88 valence electrons. The number of hydrogen-bond acceptors (Lipinski definition) is 3. The van der Waals surface area contributed by atoms with Gasteiger partial charge in [0.15, 0.2) is 0 Å². The molecule has 3 heteroatoms. The fraction of sp³-hybridized carbons (Fsp3) is 0.538. The lowest BCUT2D eigenvalue weighted by Crippen LogP contribution is -2.02. The molecule has 1 atom stereocenters. The van der Waals surface area contributed by atoms with Gasteiger partial charge in [-0.25, -0.2) is 0 Å². The van der Waals surface area contributed by atoms with Gasteiger partial charge in [0.05, 0.1) is 13.2 Å². The molecule has 0 bridgehead atoms. The number of phenolic OH excluding ortho intramolecular Hbond substituents is 1. The molecule has 0 saturated carbocycles. The molecular formula is C13H18O3. The van der Waals surface area contributed by atoms with Gasteiger partial charge in [-0.1, -0.05) is 18.2 Å². The van der Waals surface area contributed by atoms with Crippen molar-refractivity contribution in [1.82, 2.24) is 0 Å². The molecule has 0 amide bonds. The number of epoxide rings is 1. The first-order valence-electron chi connectivity index (χ1n) is 5.82. The van der Waals surface area contributed by atoms with Gasteiger partial charge >= 0.3 is 0 Å². The van der Waals surface area contributed by atoms with E-state index in [4.69, 9.17) is 9.47 Å². The Bertz CT molecular complexity index is 321. The summed E-state index contributed by atoms with van der Waals surface area (Å²) in [4.78, 5) is 0. The van der Waals surface area contributed by atoms with E-state index in [0.717, 1.165) is 44.6 Å². The monoisotopic (exact) mass is 222 g/mol. The van der Waals surface area contributed by atoms with Crippen molar-refractivity contribution in [3.8, 4) is 5.75 Å². The molecule has 1 heterocycles. The van der Waals surface area contributed by atoms with Crippen molar-refractivity contribution in [3.05, 3.63) is 29.8 Å². The van der Waals surface area contributed by atoms with Crippen LogP contribution in [0.5, 0.6) is 5.75 Å². The molecule has 1 unspecified atom stereocenters. The van der Waals surface area contributed by atoms with E-state index < -0.39 is 0 Å². The van der Waals surface area contributed by atoms with Gasteiger partial charge in [0.25, 0.3) is 0 Å². The van der Waals surface area contributed by atoms with E-state index in [2.05, 4.69) is 0 Å². The van der Waals surface area contributed by atoms with Gasteiger partial charge in [0.1, 0.15) is 11.9 Å². The van der Waals surface area contributed by atoms with Crippen molar-refractivity contribution in [2.24, 2.45) is 0 Å². The summed E-state index contributed by atoms with van der Waals surface area (Å²) in [7, 11) is 0. The first-order chi connectivity index (χ1) is 7.86. The van der Waals surface area contributed by atoms with Crippen molar-refractivity contribution >= 4 is 0 Å². The maximum Gasteiger partial charge on any atom is 0.118 e. The van der Waals surface area contributed by atoms with Crippen LogP contribution in [0.1, 0.15) is 18.4 Å². The van der Waals surface area contributed by atoms with Crippen LogP contribution in [0.4, 0.5) is 0 Å². The normalized spacial score (nSPS) is 18.6. The second-order valence-electron chi connectivity index (χ2n) is 4.12. The summed E-state index contributed by atoms with van der Waals surface area (Å²) >= 11 is 0. The molecule has 0 aromatic heterocycles. The fourth-order valence-electron chi connectivity index (χ4n) is 1.62. The molecule has 1 fully saturated rings. The summed E-state index contributed by atoms with van der Waals surface area (Å²) in [6.07, 6.45) is 3.35. The average molecular weight is 222 g/mol. The number of unbranched alkanes of at least 4 members (excludes halogenated alkanes) is 1. The number of rotatable bonds is 7. The van der Waals surface area contributed by atoms with Crippen LogP contribution in [0, 0.1) is 0 Å². The molecule has 1 aromatic rings. The number of para-hydroxylation sites is 1. The van der Waals surface area contributed by atoms with Gasteiger partial charge in [0.2, 0.25) is 0 Å². The Morgan fingerprint density at radius 2 is 2.12 bits per heavy atom. The highest BCUT2D eigenvalue weighted by Gasteiger charge is 2.21. The van der Waals surface area contributed by atoms with Crippen LogP contribution in [0.15, 0.2) is 24.3 Å². The number of benzene rings is 1. The summed E-state index contributed by atoms with van der Waals surface area (Å²) < 4.78 is 10.5. The lowest BCUT2D eigenvalue weighted by Gasteiger charge is -2.04. The van der Waals surface area contributed by atoms with Gasteiger partial charge < -0.3 is 14.6 Å². The number of hydrogen-bond donors (Lipinski definition) is 1. The zero-order valence-electron chi connectivity index (χ0n) is 9.39. The second-order valence-corrected chi connectivity index (χ2v) is 4.12. The van der Waals surface area contributed by atoms with E-state index in [1.54, 1.807) is 6.07 Å². The predicted octanol–water partition coefficient (Wildman–Crippen LogP) is 2.13. The van der Waals surface area contributed by atoms with Gasteiger partial charge in [-0.2, -0.15) is 0 Å². The molecule has 0 spiro atoms. The molecule has 1 aliphatic heterocycles. The summed E-state index contributed by atoms with van der Waals surface area (Å²) in [6.45, 7) is 2.38. The maximum atomic E-state index is 9.55. The lowest BCUT2D eigenvalue weighted by molar-refractivity contribution is 0.113. The zero-order valence-corrected chi connectivity index (χ0v) is 9.39. The molecule has 16 heavy (non-hydrogen) atoms. The molecular weight excluding hydrogens is 204 g/mol. The van der Waals surface area contributed by atoms with Gasteiger partial charge in [-0.15, -0.1) is 0 Å². The minimum atomic E-state index is 0.359. The molecule has 1 N–H and O–H groups in total. The van der Waals surface area contributed by atoms with Crippen LogP contribution in [0.25, 0.3) is 0 Å². The van der Waals surface area contributed by atoms with Crippen molar-refractivity contribution in [2.75, 3.05) is 19.8 Å². The summed E-state index contributed by atoms with van der Waals surface area (Å²) in [6, 6.07) is 7.50. The molecule has 1 saturated heterocycles. The van der Waals surface area contributed by atoms with Crippen LogP contribution < -0.4 is 0 Å². The standard InChI is InChI=1S/C13H18O3/c14-13-7-2-1-5-11(13)6-3-4-8-15-9-12-10-16-12/h1-2,5,7,12,14H,3-4,6,8-10H2. The quantitative estimate of drug-likeness (QED) is 0.567. The van der Waals surface area contributed by atoms with Crippen LogP contribution in [-0.2, 0) is 15.9 Å². The van der Waals surface area contributed by atoms with E-state index >= 15 is 0 Å². The Morgan fingerprint density at radius 3 is 2.88 bits per heavy atom. The minimum Gasteiger partial charge on any atom is -0.508 e. The summed E-state index contributed by atoms with van der Waals surface area (Å²) in [5.41, 5.74) is 1.02. The SMILES string of the molecule is Oc1ccccc1CCCCOCC1CO1. The van der Waals surface area contributed by atoms with Gasteiger partial charge in [-0.3, -0.25) is 0 Å². The number of ether oxygens (including phenoxy) is 2. The third-order valence-corrected chi connectivity index (χ3v) is 2.68. The lowest BCUT2D eigenvalue weighted by atomic mass is 10.1. The highest BCUT2D eigenvalue weighted by molar-refractivity contribution is 5.31. The molecule has 1 aliphatic rings. The third-order valence-electron chi connectivity index (χ3n) is 2.68. The van der Waals surface area contributed by atoms with Crippen molar-refractivity contribution in [2.45, 2.75) is 25.4 Å². The Kier molecular flexibility index (Phi) is 4.19. The number of phenols is 1. The summed E-state index contributed by atoms with van der Waals surface area (Å²) in [5, 5.41) is 9.55. The zero-order chi connectivity index (χ0) is 11.2. The molecule has 3 nitrogen and oxygen atoms in total. The topological polar surface area (TPSA) is 42.0 Å². The Morgan fingerprint density at radius 1 is 1.31 bits per heavy atom. The Labute approximate surface area is 96.0 Å². The van der Waals surface area contributed by atoms with Crippen molar-refractivity contribution in [3.63, 3.8) is 0 Å². The predicted molar refractivity (Wildman–Crippen MR) is 61.6 cm³/mol. The first-order valence-corrected chi connectivity index (χ1v) is 5.82. The van der Waals surface area contributed by atoms with E-state index in [0.29, 0.717) is 11.9 Å². The largest absolute Gasteiger partial charge is 0.508 e. The number of aromatic hydroxyl groups is 1. The Balaban J connectivity index is 1.55. The smallest absolute Gasteiger partial charge is 0.118 e. The molecule has 2 rings (SSSR count). The van der Waals surface area contributed by atoms with Crippen molar-refractivity contribution in [1.29, 1.82) is 0 Å². The highest BCUT2D eigenvalue weighted by atomic mass is 16.6. The minimum absolute atomic E-state index is 0.359. The van der Waals surface area contributed by atoms with E-state index in [1.807, 2.05) is 18.2 Å². The van der Waals surface area contributed by atoms with Crippen molar-refractivity contribution < 1.29 is 14.6 Å². The van der Waals surface area contributed by atoms with E-state index in [-0.39, 0.29) is 0 Å². The summed E-state index contributed by atoms with van der Waals surface area (Å²) in [5.74, 6) is 0.398. The Hall–Kier alpha value is -1.06. The van der Waals surface area contributed by atoms with Gasteiger partial charge in [-0.05, 0) is 30.9 Å². The second kappa shape index (κ2) is 5.87. The molecule has 0 radical (unpaired) electrons. The first kappa shape index (κ1) is 11.4. The van der Waals surface area contributed by atoms with Crippen LogP contribution in [0.2, 0.25) is 0 Å². The van der Waals surface area contributed by atoms with Crippen LogP contribution in [0.3, 0.4) is 0 Å². The molecule has 1 aromatic carbocycles. The highest BCUT2D eigenvalue weighted by Crippen LogP contribution is 2.17. The molecule has 0 aliphatic carbocycles. The fourth-order valence-corrected chi connectivity index (χ4v) is 1.62. The average Bonchev–Trinajstić information content (AvgIpc) is 3.09.